The summed E-state index contributed by atoms with van der Waals surface area (Å²) in [6, 6.07) is -1.15. The Morgan fingerprint density at radius 3 is 2.48 bits per heavy atom. The number of carbonyl (C=O) groups excluding carboxylic acids is 1. The Kier molecular flexibility index (Phi) is 8.25. The minimum atomic E-state index is -2.79. The van der Waals surface area contributed by atoms with E-state index in [1.54, 1.807) is 0 Å². The molecular weight excluding hydrogens is 446 g/mol. The van der Waals surface area contributed by atoms with E-state index in [1.165, 1.54) is 18.9 Å². The molecule has 2 aliphatic carbocycles. The van der Waals surface area contributed by atoms with Crippen molar-refractivity contribution in [2.45, 2.75) is 89.4 Å². The number of rotatable bonds is 8. The third-order valence-electron chi connectivity index (χ3n) is 6.09. The third-order valence-corrected chi connectivity index (χ3v) is 6.09. The molecular formula is C22H31F4N3O4. The van der Waals surface area contributed by atoms with Crippen LogP contribution in [0.2, 0.25) is 0 Å². The fourth-order valence-electron chi connectivity index (χ4n) is 4.20. The average molecular weight is 477 g/mol. The van der Waals surface area contributed by atoms with E-state index in [9.17, 15) is 22.4 Å². The van der Waals surface area contributed by atoms with E-state index >= 15 is 0 Å². The number of halogens is 4. The first kappa shape index (κ1) is 25.3. The van der Waals surface area contributed by atoms with E-state index < -0.39 is 36.8 Å². The Morgan fingerprint density at radius 1 is 1.24 bits per heavy atom. The molecule has 2 unspecified atom stereocenters. The number of likely N-dealkylation sites (N-methyl/N-ethyl adjacent to an activating group) is 1. The zero-order valence-corrected chi connectivity index (χ0v) is 19.2. The van der Waals surface area contributed by atoms with E-state index in [-0.39, 0.29) is 42.0 Å². The van der Waals surface area contributed by atoms with E-state index in [0.717, 1.165) is 18.9 Å². The molecule has 0 aromatic carbocycles. The summed E-state index contributed by atoms with van der Waals surface area (Å²) >= 11 is 0. The molecule has 3 aliphatic rings. The van der Waals surface area contributed by atoms with Gasteiger partial charge in [-0.25, -0.2) is 17.6 Å². The molecule has 0 radical (unpaired) electrons. The summed E-state index contributed by atoms with van der Waals surface area (Å²) in [5.41, 5.74) is -0.137. The predicted molar refractivity (Wildman–Crippen MR) is 113 cm³/mol. The summed E-state index contributed by atoms with van der Waals surface area (Å²) in [6.07, 6.45) is -1.37. The van der Waals surface area contributed by atoms with Gasteiger partial charge >= 0.3 is 0 Å². The van der Waals surface area contributed by atoms with Gasteiger partial charge in [-0.2, -0.15) is 4.99 Å². The van der Waals surface area contributed by atoms with Gasteiger partial charge in [0.2, 0.25) is 5.91 Å². The fourth-order valence-corrected chi connectivity index (χ4v) is 4.20. The van der Waals surface area contributed by atoms with Crippen molar-refractivity contribution < 1.29 is 36.6 Å². The van der Waals surface area contributed by atoms with Crippen molar-refractivity contribution in [2.24, 2.45) is 4.99 Å². The molecule has 0 aromatic rings. The molecule has 0 saturated heterocycles. The minimum absolute atomic E-state index is 0.0241. The van der Waals surface area contributed by atoms with E-state index in [0.29, 0.717) is 12.8 Å². The van der Waals surface area contributed by atoms with Gasteiger partial charge in [-0.15, -0.1) is 0 Å². The molecule has 0 bridgehead atoms. The minimum Gasteiger partial charge on any atom is -0.489 e. The van der Waals surface area contributed by atoms with Crippen molar-refractivity contribution in [1.29, 1.82) is 0 Å². The molecule has 1 N–H and O–H groups in total. The Morgan fingerprint density at radius 2 is 1.88 bits per heavy atom. The van der Waals surface area contributed by atoms with Crippen LogP contribution in [0.5, 0.6) is 0 Å². The lowest BCUT2D eigenvalue weighted by molar-refractivity contribution is -0.121. The zero-order chi connectivity index (χ0) is 24.3. The van der Waals surface area contributed by atoms with Gasteiger partial charge in [-0.05, 0) is 39.5 Å². The highest BCUT2D eigenvalue weighted by Crippen LogP contribution is 2.37. The molecule has 186 valence electrons. The first-order chi connectivity index (χ1) is 15.6. The summed E-state index contributed by atoms with van der Waals surface area (Å²) in [5.74, 6) is -1.42. The first-order valence-corrected chi connectivity index (χ1v) is 11.1. The van der Waals surface area contributed by atoms with Gasteiger partial charge in [0.25, 0.3) is 12.4 Å². The van der Waals surface area contributed by atoms with Crippen LogP contribution >= 0.6 is 0 Å². The Labute approximate surface area is 190 Å². The maximum atomic E-state index is 14.9. The van der Waals surface area contributed by atoms with Gasteiger partial charge in [0.1, 0.15) is 30.2 Å². The number of carbonyl (C=O) groups is 1. The van der Waals surface area contributed by atoms with Crippen LogP contribution in [0.15, 0.2) is 28.4 Å². The number of alkyl halides is 3. The summed E-state index contributed by atoms with van der Waals surface area (Å²) < 4.78 is 70.9. The number of nitrogens with zero attached hydrogens (tertiary/aromatic N) is 2. The normalized spacial score (nSPS) is 29.3. The van der Waals surface area contributed by atoms with Crippen LogP contribution < -0.4 is 5.32 Å². The number of amides is 1. The predicted octanol–water partition coefficient (Wildman–Crippen LogP) is 3.61. The molecule has 1 amide bonds. The first-order valence-electron chi connectivity index (χ1n) is 11.1. The fraction of sp³-hybridized carbons (Fsp3) is 0.727. The van der Waals surface area contributed by atoms with E-state index in [4.69, 9.17) is 14.2 Å². The number of amidine groups is 1. The summed E-state index contributed by atoms with van der Waals surface area (Å²) in [5, 5.41) is 2.82. The van der Waals surface area contributed by atoms with E-state index in [1.807, 2.05) is 13.8 Å². The highest BCUT2D eigenvalue weighted by Gasteiger charge is 2.45. The highest BCUT2D eigenvalue weighted by molar-refractivity contribution is 5.79. The van der Waals surface area contributed by atoms with Crippen molar-refractivity contribution in [3.63, 3.8) is 0 Å². The Balaban J connectivity index is 1.54. The summed E-state index contributed by atoms with van der Waals surface area (Å²) in [4.78, 5) is 16.7. The van der Waals surface area contributed by atoms with Crippen LogP contribution in [0.4, 0.5) is 17.6 Å². The Hall–Kier alpha value is -2.30. The van der Waals surface area contributed by atoms with Crippen molar-refractivity contribution in [1.82, 2.24) is 10.2 Å². The molecule has 0 aromatic heterocycles. The van der Waals surface area contributed by atoms with Crippen LogP contribution in [0.1, 0.15) is 46.5 Å². The Bertz CT molecular complexity index is 811. The number of ether oxygens (including phenoxy) is 3. The second kappa shape index (κ2) is 10.8. The van der Waals surface area contributed by atoms with Crippen molar-refractivity contribution in [3.8, 4) is 0 Å². The number of allylic oxidation sites excluding steroid dienone is 2. The highest BCUT2D eigenvalue weighted by atomic mass is 19.3. The smallest absolute Gasteiger partial charge is 0.293 e. The second-order valence-electron chi connectivity index (χ2n) is 8.68. The van der Waals surface area contributed by atoms with Crippen LogP contribution in [-0.2, 0) is 19.0 Å². The number of hydrogen-bond acceptors (Lipinski definition) is 6. The summed E-state index contributed by atoms with van der Waals surface area (Å²) in [7, 11) is 1.52. The van der Waals surface area contributed by atoms with Gasteiger partial charge in [0.05, 0.1) is 18.2 Å². The van der Waals surface area contributed by atoms with Crippen LogP contribution in [0.3, 0.4) is 0 Å². The number of hydrogen-bond donors (Lipinski definition) is 1. The lowest BCUT2D eigenvalue weighted by Crippen LogP contribution is -2.44. The van der Waals surface area contributed by atoms with Crippen molar-refractivity contribution >= 4 is 11.9 Å². The second-order valence-corrected chi connectivity index (χ2v) is 8.68. The number of nitrogens with one attached hydrogen (secondary N) is 1. The van der Waals surface area contributed by atoms with Gasteiger partial charge in [0, 0.05) is 20.0 Å². The zero-order valence-electron chi connectivity index (χ0n) is 19.2. The maximum Gasteiger partial charge on any atom is 0.293 e. The van der Waals surface area contributed by atoms with Gasteiger partial charge in [0.15, 0.2) is 12.0 Å². The number of fused-ring (bicyclic) bond motifs is 1. The van der Waals surface area contributed by atoms with Crippen molar-refractivity contribution in [3.05, 3.63) is 23.4 Å². The quantitative estimate of drug-likeness (QED) is 0.541. The van der Waals surface area contributed by atoms with Crippen molar-refractivity contribution in [2.75, 3.05) is 13.7 Å². The molecule has 1 aliphatic heterocycles. The van der Waals surface area contributed by atoms with Gasteiger partial charge in [-0.3, -0.25) is 4.79 Å². The van der Waals surface area contributed by atoms with Gasteiger partial charge < -0.3 is 24.4 Å². The van der Waals surface area contributed by atoms with Gasteiger partial charge in [-0.1, -0.05) is 0 Å². The molecule has 1 saturated carbocycles. The topological polar surface area (TPSA) is 72.4 Å². The molecule has 7 nitrogen and oxygen atoms in total. The SMILES string of the molecule is CC(=O)N[C@@H](C)[C@H](C)OC1CCC(OC2=NC3=C(F)C=C(OCC(F)F)C(F)C3N2C)CC1. The number of aliphatic imine (C=N–C) groups is 1. The standard InChI is InChI=1S/C22H31F4N3O4/c1-11(27-13(3)30)12(2)32-14-5-7-15(8-6-14)33-22-28-20-16(23)9-17(31-10-18(24)25)19(26)21(20)29(22)4/h9,11-12,14-15,18-19,21H,5-8,10H2,1-4H3,(H,27,30)/t11-,12-,14?,15?,19?,21?/m0/s1. The molecule has 1 fully saturated rings. The van der Waals surface area contributed by atoms with E-state index in [2.05, 4.69) is 10.3 Å². The average Bonchev–Trinajstić information content (AvgIpc) is 3.07. The molecule has 33 heavy (non-hydrogen) atoms. The molecule has 4 atom stereocenters. The lowest BCUT2D eigenvalue weighted by atomic mass is 9.94. The lowest BCUT2D eigenvalue weighted by Gasteiger charge is -2.34. The molecule has 1 heterocycles. The van der Waals surface area contributed by atoms with Crippen LogP contribution in [0, 0.1) is 0 Å². The van der Waals surface area contributed by atoms with Crippen LogP contribution in [-0.4, -0.2) is 73.5 Å². The monoisotopic (exact) mass is 477 g/mol. The molecule has 3 rings (SSSR count). The largest absolute Gasteiger partial charge is 0.489 e. The third kappa shape index (κ3) is 6.18. The summed E-state index contributed by atoms with van der Waals surface area (Å²) in [6.45, 7) is 4.25. The molecule has 11 heteroatoms. The molecule has 0 spiro atoms. The van der Waals surface area contributed by atoms with Crippen LogP contribution in [0.25, 0.3) is 0 Å². The maximum absolute atomic E-state index is 14.9.